The van der Waals surface area contributed by atoms with Crippen LogP contribution in [0, 0.1) is 18.6 Å². The number of benzene rings is 2. The van der Waals surface area contributed by atoms with Crippen LogP contribution in [0.5, 0.6) is 5.75 Å². The fraction of sp³-hybridized carbons (Fsp3) is 0.154. The number of nitrogens with zero attached hydrogens (tertiary/aromatic N) is 2. The van der Waals surface area contributed by atoms with Gasteiger partial charge in [0.05, 0.1) is 29.3 Å². The molecule has 2 heterocycles. The maximum absolute atomic E-state index is 14.0. The van der Waals surface area contributed by atoms with E-state index in [4.69, 9.17) is 16.3 Å². The van der Waals surface area contributed by atoms with Crippen molar-refractivity contribution in [2.75, 3.05) is 16.3 Å². The van der Waals surface area contributed by atoms with Crippen LogP contribution < -0.4 is 14.8 Å². The lowest BCUT2D eigenvalue weighted by Gasteiger charge is -2.14. The van der Waals surface area contributed by atoms with E-state index in [0.717, 1.165) is 24.6 Å². The molecule has 41 heavy (non-hydrogen) atoms. The summed E-state index contributed by atoms with van der Waals surface area (Å²) in [7, 11) is -3.60. The van der Waals surface area contributed by atoms with Crippen molar-refractivity contribution >= 4 is 38.9 Å². The number of pyridine rings is 1. The van der Waals surface area contributed by atoms with Gasteiger partial charge >= 0.3 is 6.18 Å². The zero-order valence-corrected chi connectivity index (χ0v) is 22.8. The van der Waals surface area contributed by atoms with Gasteiger partial charge in [-0.2, -0.15) is 13.2 Å². The van der Waals surface area contributed by atoms with Crippen molar-refractivity contribution in [1.29, 1.82) is 0 Å². The van der Waals surface area contributed by atoms with E-state index in [-0.39, 0.29) is 39.1 Å². The lowest BCUT2D eigenvalue weighted by atomic mass is 10.1. The fourth-order valence-electron chi connectivity index (χ4n) is 3.82. The number of aromatic nitrogens is 2. The maximum atomic E-state index is 14.0. The predicted octanol–water partition coefficient (Wildman–Crippen LogP) is 6.33. The van der Waals surface area contributed by atoms with Gasteiger partial charge in [-0.15, -0.1) is 0 Å². The first kappa shape index (κ1) is 29.8. The Kier molecular flexibility index (Phi) is 8.27. The molecule has 0 fully saturated rings. The quantitative estimate of drug-likeness (QED) is 0.226. The predicted molar refractivity (Wildman–Crippen MR) is 142 cm³/mol. The van der Waals surface area contributed by atoms with E-state index < -0.39 is 45.9 Å². The second kappa shape index (κ2) is 11.4. The van der Waals surface area contributed by atoms with Crippen molar-refractivity contribution in [3.63, 3.8) is 0 Å². The number of rotatable bonds is 8. The Morgan fingerprint density at radius 3 is 2.41 bits per heavy atom. The summed E-state index contributed by atoms with van der Waals surface area (Å²) in [5, 5.41) is 2.75. The molecule has 15 heteroatoms. The van der Waals surface area contributed by atoms with Gasteiger partial charge in [0, 0.05) is 28.7 Å². The number of sulfonamides is 1. The Bertz CT molecular complexity index is 1740. The second-order valence-corrected chi connectivity index (χ2v) is 11.1. The van der Waals surface area contributed by atoms with E-state index in [9.17, 15) is 35.2 Å². The third-order valence-corrected chi connectivity index (χ3v) is 6.27. The lowest BCUT2D eigenvalue weighted by Crippen LogP contribution is -2.13. The van der Waals surface area contributed by atoms with Crippen LogP contribution in [-0.2, 0) is 22.8 Å². The summed E-state index contributed by atoms with van der Waals surface area (Å²) in [6, 6.07) is 8.47. The molecular formula is C26H20ClF5N4O4S. The first-order valence-electron chi connectivity index (χ1n) is 11.5. The molecule has 0 aliphatic rings. The van der Waals surface area contributed by atoms with Gasteiger partial charge in [0.2, 0.25) is 10.0 Å². The normalized spacial score (nSPS) is 11.8. The molecule has 4 aromatic rings. The minimum Gasteiger partial charge on any atom is -0.485 e. The van der Waals surface area contributed by atoms with Crippen LogP contribution in [0.2, 0.25) is 5.02 Å². The Morgan fingerprint density at radius 1 is 1.02 bits per heavy atom. The molecule has 0 aliphatic carbocycles. The average molecular weight is 615 g/mol. The highest BCUT2D eigenvalue weighted by atomic mass is 35.5. The number of nitrogens with one attached hydrogen (secondary N) is 2. The molecule has 0 atom stereocenters. The van der Waals surface area contributed by atoms with Crippen LogP contribution >= 0.6 is 11.6 Å². The number of aryl methyl sites for hydroxylation is 1. The zero-order valence-electron chi connectivity index (χ0n) is 21.2. The third-order valence-electron chi connectivity index (χ3n) is 5.44. The smallest absolute Gasteiger partial charge is 0.416 e. The molecule has 0 radical (unpaired) electrons. The van der Waals surface area contributed by atoms with Crippen molar-refractivity contribution in [2.24, 2.45) is 0 Å². The minimum atomic E-state index is -4.78. The SMILES string of the molecule is Cc1cc(C(=O)Nc2cc(Cl)cc(NS(C)(=O)=O)c2)cn1-c1ncc(F)cc1OCc1cc(F)cc(C(F)(F)F)c1. The summed E-state index contributed by atoms with van der Waals surface area (Å²) in [4.78, 5) is 17.0. The lowest BCUT2D eigenvalue weighted by molar-refractivity contribution is -0.137. The molecule has 0 saturated heterocycles. The van der Waals surface area contributed by atoms with E-state index in [1.165, 1.54) is 35.0 Å². The summed E-state index contributed by atoms with van der Waals surface area (Å²) in [6.45, 7) is 1.08. The van der Waals surface area contributed by atoms with Crippen molar-refractivity contribution in [3.05, 3.63) is 100.0 Å². The second-order valence-electron chi connectivity index (χ2n) is 8.91. The Hall–Kier alpha value is -4.17. The summed E-state index contributed by atoms with van der Waals surface area (Å²) in [6.07, 6.45) is -1.58. The first-order valence-corrected chi connectivity index (χ1v) is 13.8. The number of anilines is 2. The van der Waals surface area contributed by atoms with Gasteiger partial charge in [-0.1, -0.05) is 11.6 Å². The summed E-state index contributed by atoms with van der Waals surface area (Å²) < 4.78 is 99.3. The molecule has 0 spiro atoms. The molecule has 0 unspecified atom stereocenters. The van der Waals surface area contributed by atoms with E-state index in [2.05, 4.69) is 15.0 Å². The van der Waals surface area contributed by atoms with Gasteiger partial charge in [0.1, 0.15) is 18.2 Å². The van der Waals surface area contributed by atoms with Crippen LogP contribution in [0.4, 0.5) is 33.3 Å². The molecule has 2 N–H and O–H groups in total. The summed E-state index contributed by atoms with van der Waals surface area (Å²) in [5.74, 6) is -2.70. The number of hydrogen-bond donors (Lipinski definition) is 2. The summed E-state index contributed by atoms with van der Waals surface area (Å²) >= 11 is 6.04. The molecule has 4 rings (SSSR count). The van der Waals surface area contributed by atoms with Gasteiger partial charge in [0.15, 0.2) is 11.6 Å². The molecule has 8 nitrogen and oxygen atoms in total. The molecule has 0 saturated carbocycles. The first-order chi connectivity index (χ1) is 19.1. The van der Waals surface area contributed by atoms with Crippen LogP contribution in [0.15, 0.2) is 60.9 Å². The third kappa shape index (κ3) is 7.73. The van der Waals surface area contributed by atoms with Gasteiger partial charge < -0.3 is 14.6 Å². The van der Waals surface area contributed by atoms with Crippen LogP contribution in [0.25, 0.3) is 5.82 Å². The largest absolute Gasteiger partial charge is 0.485 e. The number of halogens is 6. The molecule has 2 aromatic carbocycles. The average Bonchev–Trinajstić information content (AvgIpc) is 3.22. The molecule has 0 aliphatic heterocycles. The Morgan fingerprint density at radius 2 is 1.73 bits per heavy atom. The number of carbonyl (C=O) groups excluding carboxylic acids is 1. The highest BCUT2D eigenvalue weighted by molar-refractivity contribution is 7.92. The van der Waals surface area contributed by atoms with E-state index >= 15 is 0 Å². The van der Waals surface area contributed by atoms with Crippen LogP contribution in [0.1, 0.15) is 27.2 Å². The number of hydrogen-bond acceptors (Lipinski definition) is 5. The van der Waals surface area contributed by atoms with Gasteiger partial charge in [-0.3, -0.25) is 9.52 Å². The standard InChI is InChI=1S/C26H20ClF5N4O4S/c1-14-3-16(25(37)34-21-7-18(27)8-22(10-21)35-41(2,38)39)12-36(14)24-23(9-20(29)11-33-24)40-13-15-4-17(26(30,31)32)6-19(28)5-15/h3-12,35H,13H2,1-2H3,(H,34,37). The minimum absolute atomic E-state index is 0.0118. The van der Waals surface area contributed by atoms with Crippen LogP contribution in [0.3, 0.4) is 0 Å². The topological polar surface area (TPSA) is 102 Å². The van der Waals surface area contributed by atoms with Gasteiger partial charge in [-0.25, -0.2) is 22.2 Å². The van der Waals surface area contributed by atoms with Gasteiger partial charge in [0.25, 0.3) is 5.91 Å². The van der Waals surface area contributed by atoms with E-state index in [1.54, 1.807) is 6.92 Å². The number of carbonyl (C=O) groups is 1. The van der Waals surface area contributed by atoms with Crippen molar-refractivity contribution in [3.8, 4) is 11.6 Å². The molecule has 0 bridgehead atoms. The highest BCUT2D eigenvalue weighted by Crippen LogP contribution is 2.31. The number of amides is 1. The Labute approximate surface area is 235 Å². The van der Waals surface area contributed by atoms with Gasteiger partial charge in [-0.05, 0) is 55.0 Å². The number of alkyl halides is 3. The fourth-order valence-corrected chi connectivity index (χ4v) is 4.60. The summed E-state index contributed by atoms with van der Waals surface area (Å²) in [5.41, 5.74) is -0.460. The molecular weight excluding hydrogens is 595 g/mol. The molecule has 216 valence electrons. The van der Waals surface area contributed by atoms with E-state index in [1.807, 2.05) is 0 Å². The van der Waals surface area contributed by atoms with Crippen molar-refractivity contribution in [1.82, 2.24) is 9.55 Å². The molecule has 2 aromatic heterocycles. The Balaban J connectivity index is 1.59. The molecule has 1 amide bonds. The maximum Gasteiger partial charge on any atom is 0.416 e. The highest BCUT2D eigenvalue weighted by Gasteiger charge is 2.31. The van der Waals surface area contributed by atoms with Crippen molar-refractivity contribution < 1.29 is 39.9 Å². The zero-order chi connectivity index (χ0) is 30.1. The monoisotopic (exact) mass is 614 g/mol. The van der Waals surface area contributed by atoms with E-state index in [0.29, 0.717) is 17.8 Å². The van der Waals surface area contributed by atoms with Crippen molar-refractivity contribution in [2.45, 2.75) is 19.7 Å². The number of ether oxygens (including phenoxy) is 1. The van der Waals surface area contributed by atoms with Crippen LogP contribution in [-0.4, -0.2) is 30.1 Å².